The van der Waals surface area contributed by atoms with Gasteiger partial charge < -0.3 is 10.4 Å². The highest BCUT2D eigenvalue weighted by Gasteiger charge is 2.06. The molecule has 2 N–H and O–H groups in total. The van der Waals surface area contributed by atoms with Gasteiger partial charge in [-0.05, 0) is 36.2 Å². The molecule has 0 saturated carbocycles. The largest absolute Gasteiger partial charge is 0.478 e. The lowest BCUT2D eigenvalue weighted by Crippen LogP contribution is -2.13. The van der Waals surface area contributed by atoms with Gasteiger partial charge in [0.05, 0.1) is 5.56 Å². The molecular formula is C15H13FN2O3. The molecule has 0 spiro atoms. The van der Waals surface area contributed by atoms with Crippen LogP contribution >= 0.6 is 0 Å². The third kappa shape index (κ3) is 4.38. The lowest BCUT2D eigenvalue weighted by Gasteiger charge is -2.05. The lowest BCUT2D eigenvalue weighted by molar-refractivity contribution is -0.116. The Morgan fingerprint density at radius 2 is 1.86 bits per heavy atom. The molecule has 0 aliphatic heterocycles. The summed E-state index contributed by atoms with van der Waals surface area (Å²) in [6.07, 6.45) is 1.89. The normalized spacial score (nSPS) is 10.1. The van der Waals surface area contributed by atoms with Crippen molar-refractivity contribution in [2.24, 2.45) is 0 Å². The molecule has 0 saturated heterocycles. The number of carboxylic acid groups (broad SMARTS) is 1. The molecule has 0 aliphatic carbocycles. The first-order chi connectivity index (χ1) is 10.0. The molecule has 0 unspecified atom stereocenters. The van der Waals surface area contributed by atoms with Gasteiger partial charge in [0.25, 0.3) is 0 Å². The van der Waals surface area contributed by atoms with E-state index in [4.69, 9.17) is 5.11 Å². The summed E-state index contributed by atoms with van der Waals surface area (Å²) in [6, 6.07) is 8.74. The fourth-order valence-electron chi connectivity index (χ4n) is 1.71. The van der Waals surface area contributed by atoms with Crippen molar-refractivity contribution in [3.63, 3.8) is 0 Å². The smallest absolute Gasteiger partial charge is 0.337 e. The molecule has 108 valence electrons. The number of hydrogen-bond acceptors (Lipinski definition) is 3. The van der Waals surface area contributed by atoms with Crippen LogP contribution in [0, 0.1) is 5.82 Å². The molecule has 2 rings (SSSR count). The number of aryl methyl sites for hydroxylation is 1. The van der Waals surface area contributed by atoms with E-state index in [2.05, 4.69) is 10.3 Å². The molecule has 0 atom stereocenters. The topological polar surface area (TPSA) is 79.3 Å². The SMILES string of the molecule is O=C(CCc1ccc(F)cc1)Nc1ccc(C(=O)O)cn1. The van der Waals surface area contributed by atoms with Crippen molar-refractivity contribution in [1.82, 2.24) is 4.98 Å². The molecule has 0 radical (unpaired) electrons. The summed E-state index contributed by atoms with van der Waals surface area (Å²) < 4.78 is 12.7. The van der Waals surface area contributed by atoms with Crippen LogP contribution in [0.4, 0.5) is 10.2 Å². The quantitative estimate of drug-likeness (QED) is 0.886. The number of carbonyl (C=O) groups excluding carboxylic acids is 1. The van der Waals surface area contributed by atoms with E-state index in [0.29, 0.717) is 12.2 Å². The molecule has 6 heteroatoms. The molecule has 0 bridgehead atoms. The zero-order chi connectivity index (χ0) is 15.2. The Balaban J connectivity index is 1.86. The number of amides is 1. The van der Waals surface area contributed by atoms with Crippen LogP contribution in [0.15, 0.2) is 42.6 Å². The first kappa shape index (κ1) is 14.6. The Morgan fingerprint density at radius 1 is 1.14 bits per heavy atom. The number of carbonyl (C=O) groups is 2. The predicted octanol–water partition coefficient (Wildman–Crippen LogP) is 2.49. The minimum atomic E-state index is -1.07. The molecule has 1 heterocycles. The van der Waals surface area contributed by atoms with Crippen LogP contribution in [-0.2, 0) is 11.2 Å². The molecule has 1 aromatic heterocycles. The van der Waals surface area contributed by atoms with Crippen molar-refractivity contribution in [3.8, 4) is 0 Å². The Hall–Kier alpha value is -2.76. The first-order valence-corrected chi connectivity index (χ1v) is 6.28. The standard InChI is InChI=1S/C15H13FN2O3/c16-12-5-1-10(2-6-12)3-8-14(19)18-13-7-4-11(9-17-13)15(20)21/h1-2,4-7,9H,3,8H2,(H,20,21)(H,17,18,19). The summed E-state index contributed by atoms with van der Waals surface area (Å²) in [5.41, 5.74) is 0.917. The van der Waals surface area contributed by atoms with Gasteiger partial charge in [-0.1, -0.05) is 12.1 Å². The molecule has 5 nitrogen and oxygen atoms in total. The zero-order valence-corrected chi connectivity index (χ0v) is 11.0. The van der Waals surface area contributed by atoms with E-state index < -0.39 is 5.97 Å². The molecule has 1 aromatic carbocycles. The van der Waals surface area contributed by atoms with Crippen LogP contribution in [0.25, 0.3) is 0 Å². The van der Waals surface area contributed by atoms with Gasteiger partial charge in [-0.15, -0.1) is 0 Å². The van der Waals surface area contributed by atoms with Crippen LogP contribution in [-0.4, -0.2) is 22.0 Å². The number of aromatic nitrogens is 1. The summed E-state index contributed by atoms with van der Waals surface area (Å²) >= 11 is 0. The number of nitrogens with zero attached hydrogens (tertiary/aromatic N) is 1. The van der Waals surface area contributed by atoms with Crippen molar-refractivity contribution in [3.05, 3.63) is 59.5 Å². The van der Waals surface area contributed by atoms with E-state index >= 15 is 0 Å². The van der Waals surface area contributed by atoms with Gasteiger partial charge in [-0.25, -0.2) is 14.2 Å². The molecular weight excluding hydrogens is 275 g/mol. The maximum Gasteiger partial charge on any atom is 0.337 e. The molecule has 0 fully saturated rings. The fourth-order valence-corrected chi connectivity index (χ4v) is 1.71. The zero-order valence-electron chi connectivity index (χ0n) is 11.0. The predicted molar refractivity (Wildman–Crippen MR) is 74.5 cm³/mol. The average molecular weight is 288 g/mol. The second-order valence-electron chi connectivity index (χ2n) is 4.41. The Morgan fingerprint density at radius 3 is 2.43 bits per heavy atom. The molecule has 2 aromatic rings. The molecule has 0 aliphatic rings. The summed E-state index contributed by atoms with van der Waals surface area (Å²) in [5, 5.41) is 11.3. The van der Waals surface area contributed by atoms with Crippen molar-refractivity contribution in [2.45, 2.75) is 12.8 Å². The molecule has 1 amide bonds. The van der Waals surface area contributed by atoms with Gasteiger partial charge in [-0.3, -0.25) is 4.79 Å². The number of nitrogens with one attached hydrogen (secondary N) is 1. The molecule has 21 heavy (non-hydrogen) atoms. The van der Waals surface area contributed by atoms with Gasteiger partial charge in [0.15, 0.2) is 0 Å². The Labute approximate surface area is 120 Å². The van der Waals surface area contributed by atoms with Crippen LogP contribution in [0.3, 0.4) is 0 Å². The first-order valence-electron chi connectivity index (χ1n) is 6.28. The van der Waals surface area contributed by atoms with Crippen molar-refractivity contribution in [1.29, 1.82) is 0 Å². The second-order valence-corrected chi connectivity index (χ2v) is 4.41. The van der Waals surface area contributed by atoms with Gasteiger partial charge in [0.2, 0.25) is 5.91 Å². The minimum Gasteiger partial charge on any atom is -0.478 e. The van der Waals surface area contributed by atoms with E-state index in [9.17, 15) is 14.0 Å². The maximum absolute atomic E-state index is 12.7. The van der Waals surface area contributed by atoms with Crippen LogP contribution in [0.2, 0.25) is 0 Å². The van der Waals surface area contributed by atoms with Crippen LogP contribution in [0.1, 0.15) is 22.3 Å². The number of carboxylic acids is 1. The van der Waals surface area contributed by atoms with E-state index in [0.717, 1.165) is 5.56 Å². The monoisotopic (exact) mass is 288 g/mol. The number of aromatic carboxylic acids is 1. The highest BCUT2D eigenvalue weighted by atomic mass is 19.1. The Bertz CT molecular complexity index is 639. The second kappa shape index (κ2) is 6.60. The maximum atomic E-state index is 12.7. The van der Waals surface area contributed by atoms with E-state index in [1.54, 1.807) is 12.1 Å². The third-order valence-corrected chi connectivity index (χ3v) is 2.83. The van der Waals surface area contributed by atoms with Gasteiger partial charge in [0.1, 0.15) is 11.6 Å². The number of anilines is 1. The number of benzene rings is 1. The summed E-state index contributed by atoms with van der Waals surface area (Å²) in [7, 11) is 0. The summed E-state index contributed by atoms with van der Waals surface area (Å²) in [6.45, 7) is 0. The van der Waals surface area contributed by atoms with Gasteiger partial charge in [-0.2, -0.15) is 0 Å². The number of pyridine rings is 1. The number of halogens is 1. The minimum absolute atomic E-state index is 0.0549. The van der Waals surface area contributed by atoms with Crippen molar-refractivity contribution < 1.29 is 19.1 Å². The van der Waals surface area contributed by atoms with Gasteiger partial charge >= 0.3 is 5.97 Å². The van der Waals surface area contributed by atoms with Crippen molar-refractivity contribution in [2.75, 3.05) is 5.32 Å². The van der Waals surface area contributed by atoms with Crippen LogP contribution in [0.5, 0.6) is 0 Å². The van der Waals surface area contributed by atoms with E-state index in [-0.39, 0.29) is 23.7 Å². The summed E-state index contributed by atoms with van der Waals surface area (Å²) in [4.78, 5) is 26.2. The van der Waals surface area contributed by atoms with E-state index in [1.807, 2.05) is 0 Å². The highest BCUT2D eigenvalue weighted by Crippen LogP contribution is 2.08. The van der Waals surface area contributed by atoms with Crippen LogP contribution < -0.4 is 5.32 Å². The lowest BCUT2D eigenvalue weighted by atomic mass is 10.1. The fraction of sp³-hybridized carbons (Fsp3) is 0.133. The van der Waals surface area contributed by atoms with E-state index in [1.165, 1.54) is 30.5 Å². The average Bonchev–Trinajstić information content (AvgIpc) is 2.47. The van der Waals surface area contributed by atoms with Crippen molar-refractivity contribution >= 4 is 17.7 Å². The van der Waals surface area contributed by atoms with Gasteiger partial charge in [0, 0.05) is 12.6 Å². The summed E-state index contributed by atoms with van der Waals surface area (Å²) in [5.74, 6) is -1.33. The number of rotatable bonds is 5. The highest BCUT2D eigenvalue weighted by molar-refractivity contribution is 5.91. The third-order valence-electron chi connectivity index (χ3n) is 2.83. The Kier molecular flexibility index (Phi) is 4.61. The number of hydrogen-bond donors (Lipinski definition) is 2.